The van der Waals surface area contributed by atoms with Crippen molar-refractivity contribution in [2.24, 2.45) is 4.40 Å². The topological polar surface area (TPSA) is 87.6 Å². The van der Waals surface area contributed by atoms with E-state index in [1.54, 1.807) is 18.2 Å². The maximum atomic E-state index is 13.1. The second-order valence-electron chi connectivity index (χ2n) is 5.66. The van der Waals surface area contributed by atoms with Crippen LogP contribution >= 0.6 is 11.6 Å². The molecule has 2 aromatic rings. The van der Waals surface area contributed by atoms with Gasteiger partial charge in [-0.2, -0.15) is 8.42 Å². The Morgan fingerprint density at radius 3 is 2.77 bits per heavy atom. The number of nitrogens with zero attached hydrogens (tertiary/aromatic N) is 1. The quantitative estimate of drug-likeness (QED) is 0.806. The lowest BCUT2D eigenvalue weighted by Crippen LogP contribution is -2.22. The minimum atomic E-state index is -3.72. The lowest BCUT2D eigenvalue weighted by atomic mass is 10.2. The Hall–Kier alpha value is -2.45. The van der Waals surface area contributed by atoms with Gasteiger partial charge in [-0.15, -0.1) is 4.40 Å². The number of amides is 1. The summed E-state index contributed by atoms with van der Waals surface area (Å²) in [5, 5.41) is 5.50. The third kappa shape index (κ3) is 4.20. The number of benzene rings is 2. The molecule has 1 heterocycles. The SMILES string of the molecule is O=C(CCCC1=NS(=O)(=O)c2ccccc2N1)Nc1ccc(F)c(Cl)c1. The second kappa shape index (κ2) is 7.43. The van der Waals surface area contributed by atoms with Crippen molar-refractivity contribution in [2.45, 2.75) is 24.2 Å². The van der Waals surface area contributed by atoms with Gasteiger partial charge in [-0.3, -0.25) is 4.79 Å². The molecule has 26 heavy (non-hydrogen) atoms. The normalized spacial score (nSPS) is 14.8. The van der Waals surface area contributed by atoms with Gasteiger partial charge in [-0.05, 0) is 36.8 Å². The van der Waals surface area contributed by atoms with Gasteiger partial charge >= 0.3 is 0 Å². The number of carbonyl (C=O) groups excluding carboxylic acids is 1. The molecule has 0 aromatic heterocycles. The number of anilines is 2. The Bertz CT molecular complexity index is 992. The van der Waals surface area contributed by atoms with Gasteiger partial charge in [0, 0.05) is 18.5 Å². The third-order valence-corrected chi connectivity index (χ3v) is 5.36. The number of sulfonamides is 1. The van der Waals surface area contributed by atoms with Gasteiger partial charge in [0.25, 0.3) is 10.0 Å². The van der Waals surface area contributed by atoms with Crippen molar-refractivity contribution in [3.05, 3.63) is 53.3 Å². The number of amidine groups is 1. The van der Waals surface area contributed by atoms with Crippen molar-refractivity contribution in [3.63, 3.8) is 0 Å². The van der Waals surface area contributed by atoms with Crippen LogP contribution in [0, 0.1) is 5.82 Å². The van der Waals surface area contributed by atoms with Crippen molar-refractivity contribution < 1.29 is 17.6 Å². The van der Waals surface area contributed by atoms with Crippen LogP contribution in [0.25, 0.3) is 0 Å². The molecule has 2 N–H and O–H groups in total. The predicted molar refractivity (Wildman–Crippen MR) is 98.6 cm³/mol. The summed E-state index contributed by atoms with van der Waals surface area (Å²) in [6.45, 7) is 0. The molecule has 0 aliphatic carbocycles. The van der Waals surface area contributed by atoms with Crippen LogP contribution in [0.2, 0.25) is 5.02 Å². The van der Waals surface area contributed by atoms with Crippen molar-refractivity contribution in [3.8, 4) is 0 Å². The number of nitrogens with one attached hydrogen (secondary N) is 2. The van der Waals surface area contributed by atoms with Crippen LogP contribution in [-0.4, -0.2) is 20.2 Å². The minimum absolute atomic E-state index is 0.0765. The number of rotatable bonds is 5. The van der Waals surface area contributed by atoms with E-state index in [0.29, 0.717) is 30.1 Å². The van der Waals surface area contributed by atoms with Crippen LogP contribution in [0.5, 0.6) is 0 Å². The zero-order chi connectivity index (χ0) is 18.7. The summed E-state index contributed by atoms with van der Waals surface area (Å²) in [4.78, 5) is 12.1. The summed E-state index contributed by atoms with van der Waals surface area (Å²) < 4.78 is 41.1. The zero-order valence-corrected chi connectivity index (χ0v) is 15.1. The van der Waals surface area contributed by atoms with Gasteiger partial charge in [0.05, 0.1) is 10.7 Å². The minimum Gasteiger partial charge on any atom is -0.342 e. The summed E-state index contributed by atoms with van der Waals surface area (Å²) in [5.74, 6) is -0.554. The molecule has 1 aliphatic rings. The molecule has 0 spiro atoms. The molecule has 0 fully saturated rings. The highest BCUT2D eigenvalue weighted by molar-refractivity contribution is 7.90. The lowest BCUT2D eigenvalue weighted by Gasteiger charge is -2.17. The van der Waals surface area contributed by atoms with Gasteiger partial charge in [0.15, 0.2) is 0 Å². The van der Waals surface area contributed by atoms with E-state index >= 15 is 0 Å². The monoisotopic (exact) mass is 395 g/mol. The average molecular weight is 396 g/mol. The number of fused-ring (bicyclic) bond motifs is 1. The van der Waals surface area contributed by atoms with E-state index < -0.39 is 15.8 Å². The van der Waals surface area contributed by atoms with Crippen molar-refractivity contribution >= 4 is 44.7 Å². The number of hydrogen-bond acceptors (Lipinski definition) is 4. The van der Waals surface area contributed by atoms with Gasteiger partial charge < -0.3 is 10.6 Å². The van der Waals surface area contributed by atoms with Crippen LogP contribution in [0.3, 0.4) is 0 Å². The molecule has 3 rings (SSSR count). The summed E-state index contributed by atoms with van der Waals surface area (Å²) in [6.07, 6.45) is 0.840. The maximum Gasteiger partial charge on any atom is 0.286 e. The standard InChI is InChI=1S/C17H15ClFN3O3S/c18-12-10-11(8-9-13(12)19)20-17(23)7-3-6-16-21-14-4-1-2-5-15(14)26(24,25)22-16/h1-2,4-5,8-10H,3,6-7H2,(H,20,23)(H,21,22). The van der Waals surface area contributed by atoms with E-state index in [1.807, 2.05) is 0 Å². The highest BCUT2D eigenvalue weighted by Crippen LogP contribution is 2.27. The van der Waals surface area contributed by atoms with Gasteiger partial charge in [0.2, 0.25) is 5.91 Å². The molecule has 9 heteroatoms. The Kier molecular flexibility index (Phi) is 5.24. The van der Waals surface area contributed by atoms with E-state index in [0.717, 1.165) is 0 Å². The zero-order valence-electron chi connectivity index (χ0n) is 13.5. The average Bonchev–Trinajstić information content (AvgIpc) is 2.58. The fraction of sp³-hybridized carbons (Fsp3) is 0.176. The molecule has 2 aromatic carbocycles. The number of halogens is 2. The molecule has 1 amide bonds. The second-order valence-corrected chi connectivity index (χ2v) is 7.64. The first-order chi connectivity index (χ1) is 12.3. The summed E-state index contributed by atoms with van der Waals surface area (Å²) in [7, 11) is -3.72. The van der Waals surface area contributed by atoms with Crippen LogP contribution in [0.4, 0.5) is 15.8 Å². The molecular weight excluding hydrogens is 381 g/mol. The van der Waals surface area contributed by atoms with E-state index in [1.165, 1.54) is 24.3 Å². The molecule has 1 aliphatic heterocycles. The molecule has 6 nitrogen and oxygen atoms in total. The van der Waals surface area contributed by atoms with Crippen LogP contribution in [0.15, 0.2) is 51.8 Å². The van der Waals surface area contributed by atoms with Gasteiger partial charge in [0.1, 0.15) is 16.5 Å². The third-order valence-electron chi connectivity index (χ3n) is 3.70. The van der Waals surface area contributed by atoms with E-state index in [-0.39, 0.29) is 22.2 Å². The molecular formula is C17H15ClFN3O3S. The number of para-hydroxylation sites is 1. The summed E-state index contributed by atoms with van der Waals surface area (Å²) >= 11 is 5.66. The highest BCUT2D eigenvalue weighted by Gasteiger charge is 2.23. The molecule has 0 bridgehead atoms. The van der Waals surface area contributed by atoms with E-state index in [9.17, 15) is 17.6 Å². The molecule has 0 saturated carbocycles. The largest absolute Gasteiger partial charge is 0.342 e. The Balaban J connectivity index is 1.56. The first kappa shape index (κ1) is 18.3. The number of carbonyl (C=O) groups is 1. The number of hydrogen-bond donors (Lipinski definition) is 2. The van der Waals surface area contributed by atoms with Gasteiger partial charge in [-0.1, -0.05) is 23.7 Å². The van der Waals surface area contributed by atoms with Crippen molar-refractivity contribution in [1.82, 2.24) is 0 Å². The molecule has 0 atom stereocenters. The Morgan fingerprint density at radius 2 is 2.00 bits per heavy atom. The lowest BCUT2D eigenvalue weighted by molar-refractivity contribution is -0.116. The van der Waals surface area contributed by atoms with E-state index in [2.05, 4.69) is 15.0 Å². The van der Waals surface area contributed by atoms with Crippen molar-refractivity contribution in [1.29, 1.82) is 0 Å². The summed E-state index contributed by atoms with van der Waals surface area (Å²) in [6, 6.07) is 10.4. The predicted octanol–water partition coefficient (Wildman–Crippen LogP) is 3.80. The van der Waals surface area contributed by atoms with Crippen LogP contribution in [-0.2, 0) is 14.8 Å². The molecule has 0 unspecified atom stereocenters. The first-order valence-electron chi connectivity index (χ1n) is 7.80. The molecule has 0 saturated heterocycles. The summed E-state index contributed by atoms with van der Waals surface area (Å²) in [5.41, 5.74) is 0.869. The smallest absolute Gasteiger partial charge is 0.286 e. The first-order valence-corrected chi connectivity index (χ1v) is 9.62. The van der Waals surface area contributed by atoms with E-state index in [4.69, 9.17) is 11.6 Å². The Morgan fingerprint density at radius 1 is 1.23 bits per heavy atom. The fourth-order valence-electron chi connectivity index (χ4n) is 2.49. The fourth-order valence-corrected chi connectivity index (χ4v) is 3.84. The molecule has 136 valence electrons. The Labute approximate surface area is 155 Å². The van der Waals surface area contributed by atoms with Gasteiger partial charge in [-0.25, -0.2) is 4.39 Å². The maximum absolute atomic E-state index is 13.1. The van der Waals surface area contributed by atoms with Crippen molar-refractivity contribution in [2.75, 3.05) is 10.6 Å². The van der Waals surface area contributed by atoms with Crippen LogP contribution < -0.4 is 10.6 Å². The highest BCUT2D eigenvalue weighted by atomic mass is 35.5. The van der Waals surface area contributed by atoms with Crippen LogP contribution in [0.1, 0.15) is 19.3 Å². The molecule has 0 radical (unpaired) electrons.